The first-order chi connectivity index (χ1) is 12.1. The summed E-state index contributed by atoms with van der Waals surface area (Å²) in [5.74, 6) is -0.986. The van der Waals surface area contributed by atoms with E-state index < -0.39 is 17.8 Å². The quantitative estimate of drug-likeness (QED) is 0.897. The van der Waals surface area contributed by atoms with E-state index in [2.05, 4.69) is 10.3 Å². The van der Waals surface area contributed by atoms with E-state index >= 15 is 0 Å². The molecule has 0 saturated carbocycles. The maximum absolute atomic E-state index is 13.5. The Kier molecular flexibility index (Phi) is 4.92. The molecule has 2 atom stereocenters. The van der Waals surface area contributed by atoms with Crippen LogP contribution in [0, 0.1) is 5.82 Å². The second kappa shape index (κ2) is 7.29. The molecule has 2 amide bonds. The van der Waals surface area contributed by atoms with Gasteiger partial charge in [-0.15, -0.1) is 0 Å². The zero-order chi connectivity index (χ0) is 17.8. The second-order valence-corrected chi connectivity index (χ2v) is 5.83. The summed E-state index contributed by atoms with van der Waals surface area (Å²) >= 11 is 0. The van der Waals surface area contributed by atoms with E-state index in [9.17, 15) is 14.0 Å². The number of pyridine rings is 1. The van der Waals surface area contributed by atoms with Gasteiger partial charge in [0.05, 0.1) is 12.1 Å². The topological polar surface area (TPSA) is 71.5 Å². The van der Waals surface area contributed by atoms with Gasteiger partial charge in [0.2, 0.25) is 5.91 Å². The molecule has 25 heavy (non-hydrogen) atoms. The van der Waals surface area contributed by atoms with E-state index in [0.29, 0.717) is 0 Å². The SMILES string of the molecule is CN1C(=O)C[C@@H](NC(=O)COc2ccccc2F)[C@@H]1c1cccnc1. The first-order valence-electron chi connectivity index (χ1n) is 7.88. The van der Waals surface area contributed by atoms with Crippen LogP contribution in [0.2, 0.25) is 0 Å². The lowest BCUT2D eigenvalue weighted by molar-refractivity contribution is -0.127. The molecule has 1 aliphatic rings. The minimum absolute atomic E-state index is 0.0149. The van der Waals surface area contributed by atoms with E-state index in [1.165, 1.54) is 12.1 Å². The van der Waals surface area contributed by atoms with Gasteiger partial charge >= 0.3 is 0 Å². The Hall–Kier alpha value is -2.96. The Balaban J connectivity index is 1.65. The molecule has 1 aromatic heterocycles. The molecule has 2 aromatic rings. The average molecular weight is 343 g/mol. The lowest BCUT2D eigenvalue weighted by Gasteiger charge is -2.25. The summed E-state index contributed by atoms with van der Waals surface area (Å²) in [5.41, 5.74) is 0.844. The first-order valence-corrected chi connectivity index (χ1v) is 7.88. The number of hydrogen-bond donors (Lipinski definition) is 1. The predicted molar refractivity (Wildman–Crippen MR) is 88.2 cm³/mol. The molecule has 1 aromatic carbocycles. The summed E-state index contributed by atoms with van der Waals surface area (Å²) < 4.78 is 18.7. The van der Waals surface area contributed by atoms with Crippen molar-refractivity contribution in [2.24, 2.45) is 0 Å². The number of carbonyl (C=O) groups excluding carboxylic acids is 2. The van der Waals surface area contributed by atoms with Gasteiger partial charge in [0.15, 0.2) is 18.2 Å². The highest BCUT2D eigenvalue weighted by atomic mass is 19.1. The van der Waals surface area contributed by atoms with Crippen LogP contribution in [0.5, 0.6) is 5.75 Å². The van der Waals surface area contributed by atoms with Gasteiger partial charge < -0.3 is 15.0 Å². The molecule has 1 fully saturated rings. The van der Waals surface area contributed by atoms with Crippen LogP contribution >= 0.6 is 0 Å². The molecule has 0 aliphatic carbocycles. The highest BCUT2D eigenvalue weighted by Gasteiger charge is 2.39. The maximum atomic E-state index is 13.5. The summed E-state index contributed by atoms with van der Waals surface area (Å²) in [5, 5.41) is 2.80. The Morgan fingerprint density at radius 2 is 2.16 bits per heavy atom. The molecule has 6 nitrogen and oxygen atoms in total. The summed E-state index contributed by atoms with van der Waals surface area (Å²) in [6, 6.07) is 8.84. The molecular formula is C18H18FN3O3. The molecular weight excluding hydrogens is 325 g/mol. The van der Waals surface area contributed by atoms with E-state index in [1.54, 1.807) is 42.5 Å². The van der Waals surface area contributed by atoms with Crippen molar-refractivity contribution >= 4 is 11.8 Å². The van der Waals surface area contributed by atoms with Crippen LogP contribution in [0.4, 0.5) is 4.39 Å². The van der Waals surface area contributed by atoms with E-state index in [1.807, 2.05) is 6.07 Å². The number of carbonyl (C=O) groups is 2. The van der Waals surface area contributed by atoms with Crippen molar-refractivity contribution in [3.63, 3.8) is 0 Å². The van der Waals surface area contributed by atoms with Gasteiger partial charge in [0.1, 0.15) is 0 Å². The number of nitrogens with zero attached hydrogens (tertiary/aromatic N) is 2. The standard InChI is InChI=1S/C18H18FN3O3/c1-22-17(24)9-14(18(22)12-5-4-8-20-10-12)21-16(23)11-25-15-7-3-2-6-13(15)19/h2-8,10,14,18H,9,11H2,1H3,(H,21,23)/t14-,18+/m1/s1. The number of nitrogens with one attached hydrogen (secondary N) is 1. The van der Waals surface area contributed by atoms with E-state index in [4.69, 9.17) is 4.74 Å². The molecule has 2 heterocycles. The summed E-state index contributed by atoms with van der Waals surface area (Å²) in [7, 11) is 1.70. The van der Waals surface area contributed by atoms with Crippen molar-refractivity contribution in [1.29, 1.82) is 0 Å². The highest BCUT2D eigenvalue weighted by molar-refractivity contribution is 5.83. The fourth-order valence-electron chi connectivity index (χ4n) is 2.96. The largest absolute Gasteiger partial charge is 0.481 e. The van der Waals surface area contributed by atoms with Crippen molar-refractivity contribution in [2.45, 2.75) is 18.5 Å². The summed E-state index contributed by atoms with van der Waals surface area (Å²) in [6.07, 6.45) is 3.52. The van der Waals surface area contributed by atoms with Gasteiger partial charge in [-0.1, -0.05) is 18.2 Å². The predicted octanol–water partition coefficient (Wildman–Crippen LogP) is 1.69. The second-order valence-electron chi connectivity index (χ2n) is 5.83. The number of amides is 2. The number of para-hydroxylation sites is 1. The molecule has 0 bridgehead atoms. The summed E-state index contributed by atoms with van der Waals surface area (Å²) in [4.78, 5) is 29.9. The van der Waals surface area contributed by atoms with Gasteiger partial charge in [-0.2, -0.15) is 0 Å². The molecule has 1 saturated heterocycles. The number of ether oxygens (including phenoxy) is 1. The fourth-order valence-corrected chi connectivity index (χ4v) is 2.96. The van der Waals surface area contributed by atoms with Crippen molar-refractivity contribution in [2.75, 3.05) is 13.7 Å². The van der Waals surface area contributed by atoms with Crippen LogP contribution < -0.4 is 10.1 Å². The number of halogens is 1. The number of likely N-dealkylation sites (N-methyl/N-ethyl adjacent to an activating group) is 1. The molecule has 0 spiro atoms. The van der Waals surface area contributed by atoms with Gasteiger partial charge in [-0.05, 0) is 23.8 Å². The van der Waals surface area contributed by atoms with Gasteiger partial charge in [-0.3, -0.25) is 14.6 Å². The van der Waals surface area contributed by atoms with Crippen LogP contribution in [0.1, 0.15) is 18.0 Å². The third-order valence-electron chi connectivity index (χ3n) is 4.15. The number of hydrogen-bond acceptors (Lipinski definition) is 4. The zero-order valence-electron chi connectivity index (χ0n) is 13.7. The monoisotopic (exact) mass is 343 g/mol. The smallest absolute Gasteiger partial charge is 0.258 e. The van der Waals surface area contributed by atoms with Crippen molar-refractivity contribution < 1.29 is 18.7 Å². The Bertz CT molecular complexity index is 769. The van der Waals surface area contributed by atoms with Crippen molar-refractivity contribution in [3.05, 3.63) is 60.2 Å². The molecule has 130 valence electrons. The zero-order valence-corrected chi connectivity index (χ0v) is 13.7. The van der Waals surface area contributed by atoms with E-state index in [0.717, 1.165) is 5.56 Å². The number of likely N-dealkylation sites (tertiary alicyclic amines) is 1. The van der Waals surface area contributed by atoms with Crippen LogP contribution in [-0.2, 0) is 9.59 Å². The third-order valence-corrected chi connectivity index (χ3v) is 4.15. The first kappa shape index (κ1) is 16.9. The Morgan fingerprint density at radius 3 is 2.88 bits per heavy atom. The number of aromatic nitrogens is 1. The van der Waals surface area contributed by atoms with Crippen LogP contribution in [0.3, 0.4) is 0 Å². The minimum atomic E-state index is -0.528. The molecule has 0 unspecified atom stereocenters. The van der Waals surface area contributed by atoms with Crippen LogP contribution in [-0.4, -0.2) is 41.4 Å². The van der Waals surface area contributed by atoms with Gasteiger partial charge in [0.25, 0.3) is 5.91 Å². The lowest BCUT2D eigenvalue weighted by atomic mass is 10.0. The van der Waals surface area contributed by atoms with Gasteiger partial charge in [-0.25, -0.2) is 4.39 Å². The van der Waals surface area contributed by atoms with Crippen molar-refractivity contribution in [3.8, 4) is 5.75 Å². The maximum Gasteiger partial charge on any atom is 0.258 e. The Labute approximate surface area is 144 Å². The third kappa shape index (κ3) is 3.76. The average Bonchev–Trinajstić information content (AvgIpc) is 2.89. The van der Waals surface area contributed by atoms with Crippen molar-refractivity contribution in [1.82, 2.24) is 15.2 Å². The molecule has 1 N–H and O–H groups in total. The minimum Gasteiger partial charge on any atom is -0.481 e. The molecule has 3 rings (SSSR count). The number of benzene rings is 1. The summed E-state index contributed by atoms with van der Waals surface area (Å²) in [6.45, 7) is -0.324. The Morgan fingerprint density at radius 1 is 1.36 bits per heavy atom. The molecule has 0 radical (unpaired) electrons. The van der Waals surface area contributed by atoms with Crippen LogP contribution in [0.25, 0.3) is 0 Å². The number of rotatable bonds is 5. The highest BCUT2D eigenvalue weighted by Crippen LogP contribution is 2.31. The van der Waals surface area contributed by atoms with Crippen LogP contribution in [0.15, 0.2) is 48.8 Å². The lowest BCUT2D eigenvalue weighted by Crippen LogP contribution is -2.41. The van der Waals surface area contributed by atoms with E-state index in [-0.39, 0.29) is 30.7 Å². The molecule has 1 aliphatic heterocycles. The fraction of sp³-hybridized carbons (Fsp3) is 0.278. The normalized spacial score (nSPS) is 19.8. The molecule has 7 heteroatoms. The van der Waals surface area contributed by atoms with Gasteiger partial charge in [0, 0.05) is 25.9 Å².